The van der Waals surface area contributed by atoms with E-state index in [4.69, 9.17) is 15.2 Å². The monoisotopic (exact) mass is 542 g/mol. The predicted octanol–water partition coefficient (Wildman–Crippen LogP) is 3.50. The highest BCUT2D eigenvalue weighted by atomic mass is 16.6. The maximum absolute atomic E-state index is 14.1. The number of ketones is 1. The number of ether oxygens (including phenoxy) is 2. The summed E-state index contributed by atoms with van der Waals surface area (Å²) >= 11 is 0. The number of likely N-dealkylation sites (tertiary alicyclic amines) is 1. The van der Waals surface area contributed by atoms with E-state index < -0.39 is 29.1 Å². The number of benzene rings is 1. The summed E-state index contributed by atoms with van der Waals surface area (Å²) in [5.41, 5.74) is 5.33. The van der Waals surface area contributed by atoms with E-state index >= 15 is 0 Å². The van der Waals surface area contributed by atoms with Gasteiger partial charge in [-0.3, -0.25) is 14.4 Å². The van der Waals surface area contributed by atoms with Crippen molar-refractivity contribution in [3.63, 3.8) is 0 Å². The number of amides is 3. The maximum atomic E-state index is 14.1. The predicted molar refractivity (Wildman–Crippen MR) is 148 cm³/mol. The second kappa shape index (κ2) is 10.8. The first-order valence-electron chi connectivity index (χ1n) is 13.9. The van der Waals surface area contributed by atoms with Crippen molar-refractivity contribution in [1.82, 2.24) is 4.90 Å². The lowest BCUT2D eigenvalue weighted by atomic mass is 9.86. The summed E-state index contributed by atoms with van der Waals surface area (Å²) in [5, 5.41) is 0. The van der Waals surface area contributed by atoms with Crippen molar-refractivity contribution in [2.45, 2.75) is 84.5 Å². The Kier molecular flexibility index (Phi) is 7.98. The summed E-state index contributed by atoms with van der Waals surface area (Å²) < 4.78 is 11.6. The van der Waals surface area contributed by atoms with Gasteiger partial charge >= 0.3 is 6.09 Å². The lowest BCUT2D eigenvalue weighted by Crippen LogP contribution is -2.53. The fourth-order valence-corrected chi connectivity index (χ4v) is 5.27. The van der Waals surface area contributed by atoms with E-state index in [9.17, 15) is 19.2 Å². The SMILES string of the molecule is CC(=O)C1CC(C(=O)N(c2ccc3c(c2)N(CCCN)C(=O)C(C)(C)O3)C2CC2)CN(C(=O)OC(C)(C)C)C1. The number of carbonyl (C=O) groups is 4. The molecule has 2 unspecified atom stereocenters. The van der Waals surface area contributed by atoms with Gasteiger partial charge in [-0.2, -0.15) is 0 Å². The maximum Gasteiger partial charge on any atom is 0.410 e. The van der Waals surface area contributed by atoms with Gasteiger partial charge in [0.1, 0.15) is 17.1 Å². The van der Waals surface area contributed by atoms with Crippen LogP contribution in [0.2, 0.25) is 0 Å². The minimum absolute atomic E-state index is 0.0253. The minimum Gasteiger partial charge on any atom is -0.476 e. The van der Waals surface area contributed by atoms with Gasteiger partial charge in [0.25, 0.3) is 5.91 Å². The molecule has 2 fully saturated rings. The molecule has 2 heterocycles. The summed E-state index contributed by atoms with van der Waals surface area (Å²) in [7, 11) is 0. The summed E-state index contributed by atoms with van der Waals surface area (Å²) in [4.78, 5) is 57.6. The van der Waals surface area contributed by atoms with E-state index in [1.807, 2.05) is 18.2 Å². The number of nitrogens with two attached hydrogens (primary N) is 1. The van der Waals surface area contributed by atoms with E-state index in [1.165, 1.54) is 11.8 Å². The lowest BCUT2D eigenvalue weighted by molar-refractivity contribution is -0.132. The molecule has 1 aliphatic carbocycles. The van der Waals surface area contributed by atoms with Gasteiger partial charge in [0.2, 0.25) is 5.91 Å². The first-order valence-corrected chi connectivity index (χ1v) is 13.9. The third kappa shape index (κ3) is 6.37. The highest BCUT2D eigenvalue weighted by Gasteiger charge is 2.44. The molecule has 1 aromatic carbocycles. The first-order chi connectivity index (χ1) is 18.2. The number of anilines is 2. The average Bonchev–Trinajstić information content (AvgIpc) is 3.68. The standard InChI is InChI=1S/C29H42N4O6/c1-18(34)19-14-20(17-31(16-19)27(37)39-28(2,3)4)25(35)33(21-8-9-21)22-10-11-24-23(15-22)32(13-7-12-30)26(36)29(5,6)38-24/h10-11,15,19-21H,7-9,12-14,16-17,30H2,1-6H3. The van der Waals surface area contributed by atoms with Crippen LogP contribution in [0, 0.1) is 11.8 Å². The number of nitrogens with zero attached hydrogens (tertiary/aromatic N) is 3. The Morgan fingerprint density at radius 3 is 2.41 bits per heavy atom. The van der Waals surface area contributed by atoms with Crippen LogP contribution in [0.25, 0.3) is 0 Å². The molecule has 10 nitrogen and oxygen atoms in total. The molecule has 2 atom stereocenters. The largest absolute Gasteiger partial charge is 0.476 e. The molecular formula is C29H42N4O6. The number of piperidine rings is 1. The molecule has 3 amide bonds. The summed E-state index contributed by atoms with van der Waals surface area (Å²) in [6.45, 7) is 11.7. The molecule has 39 heavy (non-hydrogen) atoms. The van der Waals surface area contributed by atoms with E-state index in [0.717, 1.165) is 12.8 Å². The molecular weight excluding hydrogens is 500 g/mol. The molecule has 0 spiro atoms. The van der Waals surface area contributed by atoms with Gasteiger partial charge < -0.3 is 29.9 Å². The Bertz CT molecular complexity index is 1140. The quantitative estimate of drug-likeness (QED) is 0.560. The normalized spacial score (nSPS) is 22.6. The zero-order chi connectivity index (χ0) is 28.7. The van der Waals surface area contributed by atoms with Crippen LogP contribution in [0.4, 0.5) is 16.2 Å². The summed E-state index contributed by atoms with van der Waals surface area (Å²) in [6, 6.07) is 5.52. The Labute approximate surface area is 230 Å². The molecule has 2 aliphatic heterocycles. The van der Waals surface area contributed by atoms with Crippen LogP contribution in [0.1, 0.15) is 67.2 Å². The van der Waals surface area contributed by atoms with Gasteiger partial charge in [-0.25, -0.2) is 4.79 Å². The van der Waals surface area contributed by atoms with Gasteiger partial charge in [-0.1, -0.05) is 0 Å². The third-order valence-electron chi connectivity index (χ3n) is 7.40. The number of fused-ring (bicyclic) bond motifs is 1. The molecule has 3 aliphatic rings. The van der Waals surface area contributed by atoms with Crippen molar-refractivity contribution < 1.29 is 28.7 Å². The molecule has 4 rings (SSSR count). The first kappa shape index (κ1) is 28.9. The number of carbonyl (C=O) groups excluding carboxylic acids is 4. The fraction of sp³-hybridized carbons (Fsp3) is 0.655. The molecule has 0 aromatic heterocycles. The summed E-state index contributed by atoms with van der Waals surface area (Å²) in [6.07, 6.45) is 2.21. The molecule has 0 radical (unpaired) electrons. The van der Waals surface area contributed by atoms with Crippen LogP contribution >= 0.6 is 0 Å². The molecule has 1 aromatic rings. The van der Waals surface area contributed by atoms with Crippen molar-refractivity contribution in [2.24, 2.45) is 17.6 Å². The highest BCUT2D eigenvalue weighted by molar-refractivity contribution is 6.04. The zero-order valence-corrected chi connectivity index (χ0v) is 24.0. The van der Waals surface area contributed by atoms with Crippen LogP contribution in [0.5, 0.6) is 5.75 Å². The van der Waals surface area contributed by atoms with Gasteiger partial charge in [0.05, 0.1) is 11.6 Å². The lowest BCUT2D eigenvalue weighted by Gasteiger charge is -2.40. The van der Waals surface area contributed by atoms with Crippen LogP contribution in [-0.2, 0) is 19.1 Å². The van der Waals surface area contributed by atoms with Gasteiger partial charge in [-0.05, 0) is 92.0 Å². The van der Waals surface area contributed by atoms with Gasteiger partial charge in [-0.15, -0.1) is 0 Å². The van der Waals surface area contributed by atoms with Crippen molar-refractivity contribution in [2.75, 3.05) is 36.0 Å². The van der Waals surface area contributed by atoms with E-state index in [2.05, 4.69) is 0 Å². The second-order valence-electron chi connectivity index (χ2n) is 12.4. The fourth-order valence-electron chi connectivity index (χ4n) is 5.27. The Balaban J connectivity index is 1.64. The van der Waals surface area contributed by atoms with Crippen LogP contribution in [0.15, 0.2) is 18.2 Å². The molecule has 2 N–H and O–H groups in total. The van der Waals surface area contributed by atoms with Gasteiger partial charge in [0.15, 0.2) is 5.60 Å². The number of rotatable bonds is 7. The summed E-state index contributed by atoms with van der Waals surface area (Å²) in [5.74, 6) is -0.759. The highest BCUT2D eigenvalue weighted by Crippen LogP contribution is 2.43. The van der Waals surface area contributed by atoms with Crippen LogP contribution < -0.4 is 20.3 Å². The Morgan fingerprint density at radius 2 is 1.82 bits per heavy atom. The topological polar surface area (TPSA) is 122 Å². The van der Waals surface area contributed by atoms with E-state index in [0.29, 0.717) is 43.1 Å². The minimum atomic E-state index is -1.01. The van der Waals surface area contributed by atoms with Crippen LogP contribution in [-0.4, -0.2) is 72.0 Å². The Hall–Kier alpha value is -3.14. The van der Waals surface area contributed by atoms with Crippen molar-refractivity contribution in [3.05, 3.63) is 18.2 Å². The van der Waals surface area contributed by atoms with Crippen LogP contribution in [0.3, 0.4) is 0 Å². The van der Waals surface area contributed by atoms with E-state index in [-0.39, 0.29) is 36.7 Å². The average molecular weight is 543 g/mol. The molecule has 214 valence electrons. The van der Waals surface area contributed by atoms with Crippen molar-refractivity contribution in [1.29, 1.82) is 0 Å². The van der Waals surface area contributed by atoms with Crippen molar-refractivity contribution >= 4 is 35.1 Å². The molecule has 10 heteroatoms. The molecule has 1 saturated heterocycles. The molecule has 0 bridgehead atoms. The van der Waals surface area contributed by atoms with Crippen molar-refractivity contribution in [3.8, 4) is 5.75 Å². The number of hydrogen-bond acceptors (Lipinski definition) is 7. The van der Waals surface area contributed by atoms with E-state index in [1.54, 1.807) is 44.4 Å². The number of Topliss-reactive ketones (excluding diaryl/α,β-unsaturated/α-hetero) is 1. The Morgan fingerprint density at radius 1 is 1.15 bits per heavy atom. The van der Waals surface area contributed by atoms with Gasteiger partial charge in [0, 0.05) is 37.3 Å². The molecule has 1 saturated carbocycles. The second-order valence-corrected chi connectivity index (χ2v) is 12.4. The smallest absolute Gasteiger partial charge is 0.410 e. The third-order valence-corrected chi connectivity index (χ3v) is 7.40. The zero-order valence-electron chi connectivity index (χ0n) is 24.0. The number of hydrogen-bond donors (Lipinski definition) is 1.